The Morgan fingerprint density at radius 3 is 2.79 bits per heavy atom. The summed E-state index contributed by atoms with van der Waals surface area (Å²) in [6.45, 7) is 6.82. The number of anilines is 1. The third kappa shape index (κ3) is 3.50. The molecule has 1 rings (SSSR count). The quantitative estimate of drug-likeness (QED) is 0.781. The maximum atomic E-state index is 6.09. The van der Waals surface area contributed by atoms with Crippen molar-refractivity contribution in [3.05, 3.63) is 18.0 Å². The largest absolute Gasteiger partial charge is 0.353 e. The van der Waals surface area contributed by atoms with Gasteiger partial charge in [0.05, 0.1) is 5.38 Å². The van der Waals surface area contributed by atoms with Crippen LogP contribution in [0.2, 0.25) is 0 Å². The average molecular weight is 214 g/mol. The van der Waals surface area contributed by atoms with E-state index in [0.717, 1.165) is 5.69 Å². The van der Waals surface area contributed by atoms with Gasteiger partial charge in [0.2, 0.25) is 5.95 Å². The Labute approximate surface area is 89.9 Å². The summed E-state index contributed by atoms with van der Waals surface area (Å²) in [6.07, 6.45) is 1.74. The number of hydrogen-bond acceptors (Lipinski definition) is 3. The van der Waals surface area contributed by atoms with Gasteiger partial charge in [-0.15, -0.1) is 11.6 Å². The van der Waals surface area contributed by atoms with Crippen molar-refractivity contribution in [2.75, 3.05) is 11.9 Å². The molecule has 0 amide bonds. The molecule has 0 aliphatic rings. The first kappa shape index (κ1) is 11.2. The third-order valence-electron chi connectivity index (χ3n) is 1.97. The van der Waals surface area contributed by atoms with E-state index in [9.17, 15) is 0 Å². The number of halogens is 1. The minimum absolute atomic E-state index is 0.110. The molecular weight excluding hydrogens is 198 g/mol. The third-order valence-corrected chi connectivity index (χ3v) is 2.63. The molecule has 1 aromatic rings. The van der Waals surface area contributed by atoms with Gasteiger partial charge in [0, 0.05) is 18.4 Å². The Morgan fingerprint density at radius 1 is 1.50 bits per heavy atom. The summed E-state index contributed by atoms with van der Waals surface area (Å²) in [5.74, 6) is 1.10. The van der Waals surface area contributed by atoms with Gasteiger partial charge in [-0.1, -0.05) is 13.8 Å². The molecule has 14 heavy (non-hydrogen) atoms. The first-order valence-electron chi connectivity index (χ1n) is 4.77. The Hall–Kier alpha value is -0.830. The van der Waals surface area contributed by atoms with Crippen molar-refractivity contribution in [1.82, 2.24) is 9.97 Å². The van der Waals surface area contributed by atoms with Crippen molar-refractivity contribution in [3.63, 3.8) is 0 Å². The lowest BCUT2D eigenvalue weighted by molar-refractivity contribution is 0.615. The highest BCUT2D eigenvalue weighted by Crippen LogP contribution is 2.09. The van der Waals surface area contributed by atoms with Gasteiger partial charge < -0.3 is 5.32 Å². The van der Waals surface area contributed by atoms with Crippen LogP contribution in [0, 0.1) is 12.8 Å². The number of aryl methyl sites for hydroxylation is 1. The molecule has 0 aliphatic carbocycles. The number of nitrogens with one attached hydrogen (secondary N) is 1. The summed E-state index contributed by atoms with van der Waals surface area (Å²) in [7, 11) is 0. The van der Waals surface area contributed by atoms with E-state index in [2.05, 4.69) is 29.1 Å². The summed E-state index contributed by atoms with van der Waals surface area (Å²) in [4.78, 5) is 8.31. The van der Waals surface area contributed by atoms with E-state index in [-0.39, 0.29) is 5.38 Å². The molecule has 0 aliphatic heterocycles. The molecule has 1 N–H and O–H groups in total. The van der Waals surface area contributed by atoms with Crippen LogP contribution in [0.5, 0.6) is 0 Å². The number of rotatable bonds is 4. The molecule has 0 spiro atoms. The molecule has 3 nitrogen and oxygen atoms in total. The van der Waals surface area contributed by atoms with Crippen molar-refractivity contribution in [3.8, 4) is 0 Å². The second kappa shape index (κ2) is 5.15. The van der Waals surface area contributed by atoms with Gasteiger partial charge >= 0.3 is 0 Å². The number of nitrogens with zero attached hydrogens (tertiary/aromatic N) is 2. The van der Waals surface area contributed by atoms with Crippen LogP contribution in [-0.4, -0.2) is 21.9 Å². The Kier molecular flexibility index (Phi) is 4.14. The maximum absolute atomic E-state index is 6.09. The lowest BCUT2D eigenvalue weighted by Crippen LogP contribution is -2.20. The number of hydrogen-bond donors (Lipinski definition) is 1. The fourth-order valence-electron chi connectivity index (χ4n) is 0.959. The van der Waals surface area contributed by atoms with Crippen LogP contribution < -0.4 is 5.32 Å². The van der Waals surface area contributed by atoms with Gasteiger partial charge in [-0.3, -0.25) is 0 Å². The molecule has 4 heteroatoms. The van der Waals surface area contributed by atoms with Gasteiger partial charge in [-0.25, -0.2) is 9.97 Å². The molecule has 0 bridgehead atoms. The van der Waals surface area contributed by atoms with Crippen LogP contribution in [0.4, 0.5) is 5.95 Å². The van der Waals surface area contributed by atoms with E-state index in [0.29, 0.717) is 18.4 Å². The summed E-state index contributed by atoms with van der Waals surface area (Å²) >= 11 is 6.09. The zero-order valence-corrected chi connectivity index (χ0v) is 9.54. The van der Waals surface area contributed by atoms with Crippen LogP contribution in [0.1, 0.15) is 19.5 Å². The molecule has 0 radical (unpaired) electrons. The monoisotopic (exact) mass is 213 g/mol. The lowest BCUT2D eigenvalue weighted by Gasteiger charge is -2.13. The normalized spacial score (nSPS) is 12.9. The van der Waals surface area contributed by atoms with E-state index in [1.165, 1.54) is 0 Å². The van der Waals surface area contributed by atoms with E-state index >= 15 is 0 Å². The van der Waals surface area contributed by atoms with Gasteiger partial charge in [-0.05, 0) is 18.9 Å². The number of alkyl halides is 1. The molecule has 1 unspecified atom stereocenters. The van der Waals surface area contributed by atoms with Crippen LogP contribution in [-0.2, 0) is 0 Å². The molecule has 1 aromatic heterocycles. The molecule has 0 fully saturated rings. The van der Waals surface area contributed by atoms with Crippen LogP contribution in [0.15, 0.2) is 12.3 Å². The van der Waals surface area contributed by atoms with Gasteiger partial charge in [0.15, 0.2) is 0 Å². The molecule has 1 heterocycles. The molecular formula is C10H16ClN3. The maximum Gasteiger partial charge on any atom is 0.222 e. The van der Waals surface area contributed by atoms with Gasteiger partial charge in [0.1, 0.15) is 0 Å². The predicted octanol–water partition coefficient (Wildman–Crippen LogP) is 2.46. The second-order valence-corrected chi connectivity index (χ2v) is 4.22. The van der Waals surface area contributed by atoms with Crippen molar-refractivity contribution in [2.24, 2.45) is 5.92 Å². The lowest BCUT2D eigenvalue weighted by atomic mass is 10.1. The molecule has 1 atom stereocenters. The van der Waals surface area contributed by atoms with E-state index in [1.807, 2.05) is 13.0 Å². The van der Waals surface area contributed by atoms with E-state index in [1.54, 1.807) is 6.20 Å². The summed E-state index contributed by atoms with van der Waals surface area (Å²) in [6, 6.07) is 1.87. The van der Waals surface area contributed by atoms with Crippen LogP contribution in [0.25, 0.3) is 0 Å². The Bertz CT molecular complexity index is 288. The number of aromatic nitrogens is 2. The van der Waals surface area contributed by atoms with E-state index < -0.39 is 0 Å². The van der Waals surface area contributed by atoms with E-state index in [4.69, 9.17) is 11.6 Å². The average Bonchev–Trinajstić information content (AvgIpc) is 2.14. The minimum atomic E-state index is 0.110. The van der Waals surface area contributed by atoms with Crippen LogP contribution >= 0.6 is 11.6 Å². The minimum Gasteiger partial charge on any atom is -0.353 e. The zero-order chi connectivity index (χ0) is 10.6. The first-order chi connectivity index (χ1) is 6.59. The van der Waals surface area contributed by atoms with Crippen molar-refractivity contribution >= 4 is 17.5 Å². The molecule has 0 saturated carbocycles. The molecule has 0 aromatic carbocycles. The van der Waals surface area contributed by atoms with Gasteiger partial charge in [-0.2, -0.15) is 0 Å². The zero-order valence-electron chi connectivity index (χ0n) is 8.79. The van der Waals surface area contributed by atoms with Gasteiger partial charge in [0.25, 0.3) is 0 Å². The Balaban J connectivity index is 2.45. The van der Waals surface area contributed by atoms with Crippen molar-refractivity contribution < 1.29 is 0 Å². The highest BCUT2D eigenvalue weighted by molar-refractivity contribution is 6.21. The molecule has 0 saturated heterocycles. The van der Waals surface area contributed by atoms with Crippen molar-refractivity contribution in [1.29, 1.82) is 0 Å². The fraction of sp³-hybridized carbons (Fsp3) is 0.600. The van der Waals surface area contributed by atoms with Crippen LogP contribution in [0.3, 0.4) is 0 Å². The summed E-state index contributed by atoms with van der Waals surface area (Å²) in [5, 5.41) is 3.22. The summed E-state index contributed by atoms with van der Waals surface area (Å²) < 4.78 is 0. The first-order valence-corrected chi connectivity index (χ1v) is 5.21. The summed E-state index contributed by atoms with van der Waals surface area (Å²) in [5.41, 5.74) is 0.957. The second-order valence-electron chi connectivity index (χ2n) is 3.66. The predicted molar refractivity (Wildman–Crippen MR) is 59.7 cm³/mol. The smallest absolute Gasteiger partial charge is 0.222 e. The highest BCUT2D eigenvalue weighted by Gasteiger charge is 2.09. The SMILES string of the molecule is Cc1ccnc(NCC(Cl)C(C)C)n1. The Morgan fingerprint density at radius 2 is 2.21 bits per heavy atom. The standard InChI is InChI=1S/C10H16ClN3/c1-7(2)9(11)6-13-10-12-5-4-8(3)14-10/h4-5,7,9H,6H2,1-3H3,(H,12,13,14). The fourth-order valence-corrected chi connectivity index (χ4v) is 1.04. The topological polar surface area (TPSA) is 37.8 Å². The highest BCUT2D eigenvalue weighted by atomic mass is 35.5. The molecule has 78 valence electrons. The van der Waals surface area contributed by atoms with Crippen molar-refractivity contribution in [2.45, 2.75) is 26.1 Å².